The van der Waals surface area contributed by atoms with Crippen LogP contribution in [-0.2, 0) is 10.0 Å². The minimum Gasteiger partial charge on any atom is -0.392 e. The van der Waals surface area contributed by atoms with Gasteiger partial charge < -0.3 is 5.73 Å². The van der Waals surface area contributed by atoms with Crippen LogP contribution in [0, 0.1) is 0 Å². The maximum absolute atomic E-state index is 11.5. The quantitative estimate of drug-likeness (QED) is 0.628. The summed E-state index contributed by atoms with van der Waals surface area (Å²) in [7, 11) is -3.56. The van der Waals surface area contributed by atoms with Gasteiger partial charge in [0.05, 0.1) is 16.9 Å². The predicted molar refractivity (Wildman–Crippen MR) is 57.4 cm³/mol. The third kappa shape index (κ3) is 2.42. The summed E-state index contributed by atoms with van der Waals surface area (Å²) in [5, 5.41) is 5.16. The van der Waals surface area contributed by atoms with Crippen LogP contribution >= 0.6 is 12.2 Å². The Labute approximate surface area is 86.9 Å². The predicted octanol–water partition coefficient (Wildman–Crippen LogP) is -0.174. The molecule has 8 heteroatoms. The molecule has 0 spiro atoms. The molecule has 6 nitrogen and oxygen atoms in total. The van der Waals surface area contributed by atoms with Gasteiger partial charge in [-0.05, 0) is 6.92 Å². The van der Waals surface area contributed by atoms with Gasteiger partial charge in [0, 0.05) is 6.20 Å². The van der Waals surface area contributed by atoms with Crippen LogP contribution in [0.4, 0.5) is 5.69 Å². The van der Waals surface area contributed by atoms with E-state index >= 15 is 0 Å². The van der Waals surface area contributed by atoms with Crippen molar-refractivity contribution in [1.29, 1.82) is 0 Å². The van der Waals surface area contributed by atoms with Crippen molar-refractivity contribution < 1.29 is 8.42 Å². The average molecular weight is 234 g/mol. The van der Waals surface area contributed by atoms with Gasteiger partial charge in [0.1, 0.15) is 5.25 Å². The number of sulfonamides is 1. The van der Waals surface area contributed by atoms with E-state index in [0.29, 0.717) is 5.69 Å². The fourth-order valence-corrected chi connectivity index (χ4v) is 2.02. The molecule has 0 radical (unpaired) electrons. The maximum Gasteiger partial charge on any atom is 0.241 e. The highest BCUT2D eigenvalue weighted by atomic mass is 32.2. The highest BCUT2D eigenvalue weighted by Gasteiger charge is 2.23. The van der Waals surface area contributed by atoms with Crippen LogP contribution in [0.25, 0.3) is 0 Å². The van der Waals surface area contributed by atoms with Crippen LogP contribution in [0.15, 0.2) is 12.4 Å². The summed E-state index contributed by atoms with van der Waals surface area (Å²) in [5.41, 5.74) is 5.59. The maximum atomic E-state index is 11.5. The Morgan fingerprint density at radius 2 is 2.43 bits per heavy atom. The molecule has 0 bridgehead atoms. The number of nitrogens with two attached hydrogens (primary N) is 1. The van der Waals surface area contributed by atoms with Crippen molar-refractivity contribution in [2.75, 3.05) is 4.72 Å². The van der Waals surface area contributed by atoms with Gasteiger partial charge in [-0.25, -0.2) is 8.42 Å². The molecular formula is C6H10N4O2S2. The summed E-state index contributed by atoms with van der Waals surface area (Å²) in [5.74, 6) is 0. The summed E-state index contributed by atoms with van der Waals surface area (Å²) in [6, 6.07) is 0. The lowest BCUT2D eigenvalue weighted by Crippen LogP contribution is -2.35. The largest absolute Gasteiger partial charge is 0.392 e. The second kappa shape index (κ2) is 3.93. The van der Waals surface area contributed by atoms with E-state index < -0.39 is 15.3 Å². The zero-order valence-corrected chi connectivity index (χ0v) is 9.02. The number of nitrogens with zero attached hydrogens (tertiary/aromatic N) is 1. The van der Waals surface area contributed by atoms with E-state index in [4.69, 9.17) is 5.73 Å². The first-order chi connectivity index (χ1) is 6.43. The van der Waals surface area contributed by atoms with E-state index in [1.807, 2.05) is 0 Å². The standard InChI is InChI=1S/C6H10N4O2S2/c1-4(6(7)13)14(11,12)10-5-2-8-9-3-5/h2-4,10H,1H3,(H2,7,13)(H,8,9). The van der Waals surface area contributed by atoms with E-state index in [1.165, 1.54) is 19.3 Å². The minimum absolute atomic E-state index is 0.0685. The lowest BCUT2D eigenvalue weighted by Gasteiger charge is -2.11. The second-order valence-electron chi connectivity index (χ2n) is 2.68. The van der Waals surface area contributed by atoms with Crippen LogP contribution in [0.3, 0.4) is 0 Å². The summed E-state index contributed by atoms with van der Waals surface area (Å²) in [6.07, 6.45) is 2.77. The van der Waals surface area contributed by atoms with Gasteiger partial charge in [0.2, 0.25) is 10.0 Å². The first-order valence-corrected chi connectivity index (χ1v) is 5.68. The lowest BCUT2D eigenvalue weighted by atomic mass is 10.5. The Hall–Kier alpha value is -1.15. The molecule has 0 aliphatic heterocycles. The van der Waals surface area contributed by atoms with E-state index in [0.717, 1.165) is 0 Å². The molecule has 0 fully saturated rings. The van der Waals surface area contributed by atoms with E-state index in [2.05, 4.69) is 27.1 Å². The third-order valence-electron chi connectivity index (χ3n) is 1.62. The van der Waals surface area contributed by atoms with Gasteiger partial charge in [0.25, 0.3) is 0 Å². The number of aromatic amines is 1. The van der Waals surface area contributed by atoms with Crippen LogP contribution in [-0.4, -0.2) is 28.9 Å². The van der Waals surface area contributed by atoms with Crippen LogP contribution in [0.1, 0.15) is 6.92 Å². The molecule has 0 aliphatic rings. The summed E-state index contributed by atoms with van der Waals surface area (Å²) < 4.78 is 25.3. The normalized spacial score (nSPS) is 13.5. The van der Waals surface area contributed by atoms with Gasteiger partial charge in [-0.1, -0.05) is 12.2 Å². The zero-order valence-electron chi connectivity index (χ0n) is 7.39. The molecule has 0 saturated carbocycles. The molecule has 1 heterocycles. The fourth-order valence-electron chi connectivity index (χ4n) is 0.712. The highest BCUT2D eigenvalue weighted by Crippen LogP contribution is 2.09. The topological polar surface area (TPSA) is 101 Å². The smallest absolute Gasteiger partial charge is 0.241 e. The number of anilines is 1. The van der Waals surface area contributed by atoms with Crippen molar-refractivity contribution in [3.05, 3.63) is 12.4 Å². The Bertz CT molecular complexity index is 411. The highest BCUT2D eigenvalue weighted by molar-refractivity contribution is 7.95. The van der Waals surface area contributed by atoms with Gasteiger partial charge in [-0.3, -0.25) is 9.82 Å². The minimum atomic E-state index is -3.56. The average Bonchev–Trinajstić information content (AvgIpc) is 2.54. The molecular weight excluding hydrogens is 224 g/mol. The number of nitrogens with one attached hydrogen (secondary N) is 2. The number of hydrogen-bond donors (Lipinski definition) is 3. The number of thiocarbonyl (C=S) groups is 1. The number of H-pyrrole nitrogens is 1. The summed E-state index contributed by atoms with van der Waals surface area (Å²) >= 11 is 4.60. The third-order valence-corrected chi connectivity index (χ3v) is 3.83. The van der Waals surface area contributed by atoms with Crippen molar-refractivity contribution in [3.8, 4) is 0 Å². The second-order valence-corrected chi connectivity index (χ2v) is 5.15. The monoisotopic (exact) mass is 234 g/mol. The molecule has 1 atom stereocenters. The van der Waals surface area contributed by atoms with E-state index in [1.54, 1.807) is 0 Å². The van der Waals surface area contributed by atoms with Crippen molar-refractivity contribution in [3.63, 3.8) is 0 Å². The van der Waals surface area contributed by atoms with E-state index in [-0.39, 0.29) is 4.99 Å². The first-order valence-electron chi connectivity index (χ1n) is 3.73. The molecule has 0 amide bonds. The van der Waals surface area contributed by atoms with Gasteiger partial charge in [-0.2, -0.15) is 5.10 Å². The summed E-state index contributed by atoms with van der Waals surface area (Å²) in [4.78, 5) is -0.0685. The molecule has 78 valence electrons. The van der Waals surface area contributed by atoms with Crippen LogP contribution < -0.4 is 10.5 Å². The molecule has 4 N–H and O–H groups in total. The molecule has 14 heavy (non-hydrogen) atoms. The van der Waals surface area contributed by atoms with Gasteiger partial charge >= 0.3 is 0 Å². The first kappa shape index (κ1) is 10.9. The molecule has 1 rings (SSSR count). The number of hydrogen-bond acceptors (Lipinski definition) is 4. The van der Waals surface area contributed by atoms with Crippen molar-refractivity contribution in [1.82, 2.24) is 10.2 Å². The van der Waals surface area contributed by atoms with Crippen LogP contribution in [0.5, 0.6) is 0 Å². The lowest BCUT2D eigenvalue weighted by molar-refractivity contribution is 0.598. The molecule has 0 aromatic carbocycles. The van der Waals surface area contributed by atoms with Crippen molar-refractivity contribution >= 4 is 32.9 Å². The van der Waals surface area contributed by atoms with E-state index in [9.17, 15) is 8.42 Å². The molecule has 0 aliphatic carbocycles. The van der Waals surface area contributed by atoms with Crippen LogP contribution in [0.2, 0.25) is 0 Å². The molecule has 1 unspecified atom stereocenters. The van der Waals surface area contributed by atoms with Gasteiger partial charge in [-0.15, -0.1) is 0 Å². The number of rotatable bonds is 4. The Balaban J connectivity index is 2.83. The molecule has 0 saturated heterocycles. The zero-order chi connectivity index (χ0) is 10.8. The molecule has 1 aromatic heterocycles. The SMILES string of the molecule is CC(C(N)=S)S(=O)(=O)Nc1cn[nH]c1. The van der Waals surface area contributed by atoms with Crippen molar-refractivity contribution in [2.24, 2.45) is 5.73 Å². The molecule has 1 aromatic rings. The Kier molecular flexibility index (Phi) is 3.06. The van der Waals surface area contributed by atoms with Crippen molar-refractivity contribution in [2.45, 2.75) is 12.2 Å². The summed E-state index contributed by atoms with van der Waals surface area (Å²) in [6.45, 7) is 1.42. The fraction of sp³-hybridized carbons (Fsp3) is 0.333. The van der Waals surface area contributed by atoms with Gasteiger partial charge in [0.15, 0.2) is 0 Å². The Morgan fingerprint density at radius 3 is 2.86 bits per heavy atom. The Morgan fingerprint density at radius 1 is 1.79 bits per heavy atom. The number of aromatic nitrogens is 2.